The van der Waals surface area contributed by atoms with Crippen molar-refractivity contribution in [2.75, 3.05) is 6.61 Å². The first-order chi connectivity index (χ1) is 14.6. The second-order valence-electron chi connectivity index (χ2n) is 6.61. The number of carboxylic acid groups (broad SMARTS) is 1. The SMILES string of the molecule is CCC(=O)O[C@@H]1[C@@H](OC(=O)CC)[C@H](C)O[C@@H](COC(=O)/C=C/C(=O)O)[C@H]1OC(=O)CC. The molecule has 1 saturated heterocycles. The first kappa shape index (κ1) is 26.1. The molecule has 0 aromatic heterocycles. The molecular weight excluding hydrogens is 416 g/mol. The summed E-state index contributed by atoms with van der Waals surface area (Å²) in [7, 11) is 0. The largest absolute Gasteiger partial charge is 0.478 e. The van der Waals surface area contributed by atoms with Crippen LogP contribution in [0.2, 0.25) is 0 Å². The molecule has 1 heterocycles. The smallest absolute Gasteiger partial charge is 0.331 e. The van der Waals surface area contributed by atoms with Gasteiger partial charge in [0.1, 0.15) is 12.7 Å². The Balaban J connectivity index is 3.16. The molecule has 1 N–H and O–H groups in total. The summed E-state index contributed by atoms with van der Waals surface area (Å²) >= 11 is 0. The van der Waals surface area contributed by atoms with Gasteiger partial charge in [0.25, 0.3) is 0 Å². The highest BCUT2D eigenvalue weighted by Gasteiger charge is 2.51. The molecule has 1 aliphatic rings. The van der Waals surface area contributed by atoms with Crippen molar-refractivity contribution in [3.05, 3.63) is 12.2 Å². The molecule has 0 saturated carbocycles. The normalized spacial score (nSPS) is 25.5. The highest BCUT2D eigenvalue weighted by molar-refractivity contribution is 5.90. The molecule has 0 aromatic carbocycles. The lowest BCUT2D eigenvalue weighted by Crippen LogP contribution is -2.61. The van der Waals surface area contributed by atoms with E-state index in [-0.39, 0.29) is 19.3 Å². The van der Waals surface area contributed by atoms with Crippen LogP contribution in [0.5, 0.6) is 0 Å². The molecule has 174 valence electrons. The zero-order valence-corrected chi connectivity index (χ0v) is 17.9. The molecule has 1 rings (SSSR count). The number of carbonyl (C=O) groups is 5. The number of hydrogen-bond acceptors (Lipinski definition) is 10. The number of aliphatic carboxylic acids is 1. The molecule has 11 nitrogen and oxygen atoms in total. The summed E-state index contributed by atoms with van der Waals surface area (Å²) in [6.07, 6.45) is -3.92. The predicted molar refractivity (Wildman–Crippen MR) is 103 cm³/mol. The van der Waals surface area contributed by atoms with Crippen LogP contribution >= 0.6 is 0 Å². The van der Waals surface area contributed by atoms with Crippen molar-refractivity contribution in [2.45, 2.75) is 77.5 Å². The summed E-state index contributed by atoms with van der Waals surface area (Å²) in [6.45, 7) is 5.85. The minimum atomic E-state index is -1.33. The molecule has 1 aliphatic heterocycles. The van der Waals surface area contributed by atoms with Crippen LogP contribution in [-0.2, 0) is 47.7 Å². The van der Waals surface area contributed by atoms with Gasteiger partial charge in [-0.15, -0.1) is 0 Å². The fourth-order valence-corrected chi connectivity index (χ4v) is 2.73. The number of rotatable bonds is 10. The van der Waals surface area contributed by atoms with Crippen LogP contribution in [0.15, 0.2) is 12.2 Å². The van der Waals surface area contributed by atoms with Gasteiger partial charge in [-0.3, -0.25) is 14.4 Å². The first-order valence-electron chi connectivity index (χ1n) is 9.94. The number of carbonyl (C=O) groups excluding carboxylic acids is 4. The van der Waals surface area contributed by atoms with E-state index in [0.29, 0.717) is 12.2 Å². The lowest BCUT2D eigenvalue weighted by molar-refractivity contribution is -0.250. The predicted octanol–water partition coefficient (Wildman–Crippen LogP) is 0.923. The van der Waals surface area contributed by atoms with Crippen molar-refractivity contribution >= 4 is 29.8 Å². The van der Waals surface area contributed by atoms with E-state index >= 15 is 0 Å². The van der Waals surface area contributed by atoms with E-state index in [9.17, 15) is 24.0 Å². The highest BCUT2D eigenvalue weighted by atomic mass is 16.7. The number of carboxylic acids is 1. The summed E-state index contributed by atoms with van der Waals surface area (Å²) < 4.78 is 27.0. The van der Waals surface area contributed by atoms with Crippen molar-refractivity contribution in [1.29, 1.82) is 0 Å². The molecule has 0 amide bonds. The van der Waals surface area contributed by atoms with Crippen molar-refractivity contribution in [3.8, 4) is 0 Å². The van der Waals surface area contributed by atoms with Gasteiger partial charge < -0.3 is 28.8 Å². The van der Waals surface area contributed by atoms with Crippen LogP contribution in [0.25, 0.3) is 0 Å². The molecular formula is C20H28O11. The van der Waals surface area contributed by atoms with Crippen molar-refractivity contribution in [1.82, 2.24) is 0 Å². The topological polar surface area (TPSA) is 152 Å². The Hall–Kier alpha value is -2.95. The maximum absolute atomic E-state index is 12.0. The monoisotopic (exact) mass is 444 g/mol. The van der Waals surface area contributed by atoms with Gasteiger partial charge in [-0.25, -0.2) is 9.59 Å². The molecule has 0 spiro atoms. The quantitative estimate of drug-likeness (QED) is 0.291. The average molecular weight is 444 g/mol. The van der Waals surface area contributed by atoms with Gasteiger partial charge in [0.05, 0.1) is 6.10 Å². The second kappa shape index (κ2) is 12.7. The Bertz CT molecular complexity index is 699. The van der Waals surface area contributed by atoms with E-state index in [4.69, 9.17) is 28.8 Å². The lowest BCUT2D eigenvalue weighted by atomic mass is 9.95. The number of esters is 4. The minimum absolute atomic E-state index is 0.00771. The summed E-state index contributed by atoms with van der Waals surface area (Å²) in [6, 6.07) is 0. The fraction of sp³-hybridized carbons (Fsp3) is 0.650. The molecule has 0 radical (unpaired) electrons. The van der Waals surface area contributed by atoms with Gasteiger partial charge in [0, 0.05) is 31.4 Å². The zero-order chi connectivity index (χ0) is 23.6. The third-order valence-electron chi connectivity index (χ3n) is 4.29. The van der Waals surface area contributed by atoms with E-state index in [1.165, 1.54) is 0 Å². The maximum atomic E-state index is 12.0. The van der Waals surface area contributed by atoms with Gasteiger partial charge in [-0.1, -0.05) is 20.8 Å². The maximum Gasteiger partial charge on any atom is 0.331 e. The standard InChI is InChI=1S/C20H28O11/c1-5-14(23)29-18-11(4)28-12(10-27-17(26)9-8-13(21)22)19(30-15(24)6-2)20(18)31-16(25)7-3/h8-9,11-12,18-20H,5-7,10H2,1-4H3,(H,21,22)/b9-8+/t11-,12-,18-,19+,20+/m0/s1. The van der Waals surface area contributed by atoms with Gasteiger partial charge in [0.15, 0.2) is 18.3 Å². The van der Waals surface area contributed by atoms with Gasteiger partial charge >= 0.3 is 29.8 Å². The van der Waals surface area contributed by atoms with Crippen molar-refractivity contribution in [2.24, 2.45) is 0 Å². The Kier molecular flexibility index (Phi) is 10.7. The van der Waals surface area contributed by atoms with Crippen LogP contribution in [0.4, 0.5) is 0 Å². The number of ether oxygens (including phenoxy) is 5. The Morgan fingerprint density at radius 1 is 0.806 bits per heavy atom. The third kappa shape index (κ3) is 8.36. The average Bonchev–Trinajstić information content (AvgIpc) is 2.74. The van der Waals surface area contributed by atoms with Gasteiger partial charge in [-0.2, -0.15) is 0 Å². The van der Waals surface area contributed by atoms with E-state index in [2.05, 4.69) is 0 Å². The lowest BCUT2D eigenvalue weighted by Gasteiger charge is -2.43. The highest BCUT2D eigenvalue weighted by Crippen LogP contribution is 2.29. The van der Waals surface area contributed by atoms with Crippen LogP contribution < -0.4 is 0 Å². The first-order valence-corrected chi connectivity index (χ1v) is 9.94. The molecule has 11 heteroatoms. The molecule has 31 heavy (non-hydrogen) atoms. The zero-order valence-electron chi connectivity index (χ0n) is 17.9. The second-order valence-corrected chi connectivity index (χ2v) is 6.61. The van der Waals surface area contributed by atoms with Crippen molar-refractivity contribution in [3.63, 3.8) is 0 Å². The Morgan fingerprint density at radius 3 is 1.77 bits per heavy atom. The minimum Gasteiger partial charge on any atom is -0.478 e. The fourth-order valence-electron chi connectivity index (χ4n) is 2.73. The van der Waals surface area contributed by atoms with Gasteiger partial charge in [-0.05, 0) is 6.92 Å². The molecule has 0 aliphatic carbocycles. The van der Waals surface area contributed by atoms with Gasteiger partial charge in [0.2, 0.25) is 0 Å². The summed E-state index contributed by atoms with van der Waals surface area (Å²) in [5.74, 6) is -4.11. The van der Waals surface area contributed by atoms with Crippen LogP contribution in [0.3, 0.4) is 0 Å². The van der Waals surface area contributed by atoms with Crippen molar-refractivity contribution < 1.29 is 52.8 Å². The van der Waals surface area contributed by atoms with Crippen LogP contribution in [0.1, 0.15) is 47.0 Å². The summed E-state index contributed by atoms with van der Waals surface area (Å²) in [5, 5.41) is 8.58. The van der Waals surface area contributed by atoms with E-state index in [1.54, 1.807) is 27.7 Å². The third-order valence-corrected chi connectivity index (χ3v) is 4.29. The van der Waals surface area contributed by atoms with Crippen LogP contribution in [-0.4, -0.2) is 72.1 Å². The Labute approximate surface area is 179 Å². The molecule has 0 bridgehead atoms. The van der Waals surface area contributed by atoms with Crippen LogP contribution in [0, 0.1) is 0 Å². The molecule has 0 unspecified atom stereocenters. The summed E-state index contributed by atoms with van der Waals surface area (Å²) in [4.78, 5) is 58.1. The number of hydrogen-bond donors (Lipinski definition) is 1. The molecule has 5 atom stereocenters. The molecule has 1 fully saturated rings. The van der Waals surface area contributed by atoms with E-state index in [0.717, 1.165) is 0 Å². The molecule has 0 aromatic rings. The summed E-state index contributed by atoms with van der Waals surface area (Å²) in [5.41, 5.74) is 0. The van der Waals surface area contributed by atoms with E-state index in [1.807, 2.05) is 0 Å². The Morgan fingerprint density at radius 2 is 1.29 bits per heavy atom. The van der Waals surface area contributed by atoms with E-state index < -0.39 is 67.0 Å².